The van der Waals surface area contributed by atoms with Crippen molar-refractivity contribution in [1.82, 2.24) is 0 Å². The summed E-state index contributed by atoms with van der Waals surface area (Å²) in [7, 11) is 0. The van der Waals surface area contributed by atoms with Gasteiger partial charge in [-0.15, -0.1) is 0 Å². The first kappa shape index (κ1) is 59.0. The van der Waals surface area contributed by atoms with Gasteiger partial charge in [-0.3, -0.25) is 0 Å². The Morgan fingerprint density at radius 2 is 0.559 bits per heavy atom. The zero-order valence-electron chi connectivity index (χ0n) is 44.1. The summed E-state index contributed by atoms with van der Waals surface area (Å²) >= 11 is 0. The van der Waals surface area contributed by atoms with Gasteiger partial charge in [0, 0.05) is 0 Å². The highest BCUT2D eigenvalue weighted by Crippen LogP contribution is 2.74. The van der Waals surface area contributed by atoms with Crippen LogP contribution in [0, 0.1) is 33.5 Å². The standard InChI is InChI=1S/C59H120/c1-13-20-27-32-35-36-40-45-50-57(48-43-38-30-23-16-4,49-44-39-34-29-22-15-3)58(51-42-25-18-6,52-46-31-24-17-5)59(53-26-19-7,56(10,11)12)55(54(8)9)47-41-37-33-28-21-14-2/h54-55H,13-53H2,1-12H3. The lowest BCUT2D eigenvalue weighted by atomic mass is 9.34. The molecule has 59 heavy (non-hydrogen) atoms. The average Bonchev–Trinajstić information content (AvgIpc) is 3.21. The normalized spacial score (nSPS) is 16.0. The highest BCUT2D eigenvalue weighted by atomic mass is 14.7. The molecule has 0 rings (SSSR count). The van der Waals surface area contributed by atoms with Crippen LogP contribution in [-0.2, 0) is 0 Å². The fraction of sp³-hybridized carbons (Fsp3) is 1.00. The van der Waals surface area contributed by atoms with E-state index in [1.165, 1.54) is 263 Å². The Morgan fingerprint density at radius 3 is 0.898 bits per heavy atom. The van der Waals surface area contributed by atoms with E-state index in [-0.39, 0.29) is 5.41 Å². The molecule has 0 amide bonds. The minimum Gasteiger partial charge on any atom is -0.0654 e. The molecule has 0 N–H and O–H groups in total. The van der Waals surface area contributed by atoms with Crippen LogP contribution in [0.15, 0.2) is 0 Å². The molecule has 0 spiro atoms. The molecular formula is C59H120. The smallest absolute Gasteiger partial charge is 0.0156 e. The van der Waals surface area contributed by atoms with Crippen molar-refractivity contribution < 1.29 is 0 Å². The summed E-state index contributed by atoms with van der Waals surface area (Å²) < 4.78 is 0. The molecule has 4 unspecified atom stereocenters. The number of unbranched alkanes of at least 4 members (excludes halogenated alkanes) is 27. The van der Waals surface area contributed by atoms with Crippen molar-refractivity contribution >= 4 is 0 Å². The van der Waals surface area contributed by atoms with Crippen molar-refractivity contribution in [1.29, 1.82) is 0 Å². The van der Waals surface area contributed by atoms with E-state index in [1.807, 2.05) is 0 Å². The second kappa shape index (κ2) is 37.4. The maximum atomic E-state index is 2.81. The summed E-state index contributed by atoms with van der Waals surface area (Å²) in [5.41, 5.74) is 1.45. The summed E-state index contributed by atoms with van der Waals surface area (Å²) in [6.07, 6.45) is 59.3. The van der Waals surface area contributed by atoms with Gasteiger partial charge in [0.05, 0.1) is 0 Å². The first-order valence-electron chi connectivity index (χ1n) is 28.5. The molecule has 0 aromatic rings. The molecule has 0 saturated carbocycles. The van der Waals surface area contributed by atoms with E-state index in [0.29, 0.717) is 16.2 Å². The Bertz CT molecular complexity index is 862. The molecule has 0 bridgehead atoms. The molecule has 0 aliphatic carbocycles. The van der Waals surface area contributed by atoms with Gasteiger partial charge in [0.1, 0.15) is 0 Å². The Labute approximate surface area is 378 Å². The first-order valence-corrected chi connectivity index (χ1v) is 28.5. The second-order valence-electron chi connectivity index (χ2n) is 22.3. The van der Waals surface area contributed by atoms with Crippen molar-refractivity contribution in [3.05, 3.63) is 0 Å². The maximum Gasteiger partial charge on any atom is -0.0156 e. The summed E-state index contributed by atoms with van der Waals surface area (Å²) in [5, 5.41) is 0. The molecule has 356 valence electrons. The number of rotatable bonds is 45. The van der Waals surface area contributed by atoms with Gasteiger partial charge in [-0.1, -0.05) is 301 Å². The molecule has 4 atom stereocenters. The van der Waals surface area contributed by atoms with E-state index >= 15 is 0 Å². The van der Waals surface area contributed by atoms with Crippen molar-refractivity contribution in [2.45, 2.75) is 346 Å². The Balaban J connectivity index is 8.16. The number of hydrogen-bond donors (Lipinski definition) is 0. The van der Waals surface area contributed by atoms with Gasteiger partial charge in [0.25, 0.3) is 0 Å². The largest absolute Gasteiger partial charge is 0.0654 e. The van der Waals surface area contributed by atoms with Gasteiger partial charge in [-0.05, 0) is 78.4 Å². The molecule has 0 nitrogen and oxygen atoms in total. The lowest BCUT2D eigenvalue weighted by Gasteiger charge is -2.70. The fourth-order valence-electron chi connectivity index (χ4n) is 13.3. The zero-order valence-corrected chi connectivity index (χ0v) is 44.1. The fourth-order valence-corrected chi connectivity index (χ4v) is 13.3. The van der Waals surface area contributed by atoms with Crippen LogP contribution in [0.1, 0.15) is 346 Å². The van der Waals surface area contributed by atoms with Crippen LogP contribution in [0.3, 0.4) is 0 Å². The van der Waals surface area contributed by atoms with Crippen LogP contribution in [-0.4, -0.2) is 0 Å². The highest BCUT2D eigenvalue weighted by molar-refractivity contribution is 5.14. The molecule has 0 aliphatic rings. The van der Waals surface area contributed by atoms with E-state index in [0.717, 1.165) is 11.8 Å². The van der Waals surface area contributed by atoms with Gasteiger partial charge in [0.2, 0.25) is 0 Å². The van der Waals surface area contributed by atoms with Crippen molar-refractivity contribution in [3.63, 3.8) is 0 Å². The molecule has 0 aromatic carbocycles. The third kappa shape index (κ3) is 22.0. The average molecular weight is 830 g/mol. The molecule has 0 aromatic heterocycles. The van der Waals surface area contributed by atoms with Crippen LogP contribution >= 0.6 is 0 Å². The highest BCUT2D eigenvalue weighted by Gasteiger charge is 2.66. The molecule has 0 heterocycles. The first-order chi connectivity index (χ1) is 28.5. The Hall–Kier alpha value is 0. The third-order valence-corrected chi connectivity index (χ3v) is 16.4. The van der Waals surface area contributed by atoms with Gasteiger partial charge in [-0.2, -0.15) is 0 Å². The van der Waals surface area contributed by atoms with Crippen LogP contribution in [0.5, 0.6) is 0 Å². The van der Waals surface area contributed by atoms with E-state index in [4.69, 9.17) is 0 Å². The van der Waals surface area contributed by atoms with Crippen LogP contribution in [0.25, 0.3) is 0 Å². The van der Waals surface area contributed by atoms with Gasteiger partial charge >= 0.3 is 0 Å². The van der Waals surface area contributed by atoms with Gasteiger partial charge in [0.15, 0.2) is 0 Å². The van der Waals surface area contributed by atoms with Crippen molar-refractivity contribution in [2.75, 3.05) is 0 Å². The monoisotopic (exact) mass is 829 g/mol. The minimum absolute atomic E-state index is 0.268. The molecular weight excluding hydrogens is 709 g/mol. The van der Waals surface area contributed by atoms with Crippen LogP contribution in [0.4, 0.5) is 0 Å². The molecule has 0 aliphatic heterocycles. The third-order valence-electron chi connectivity index (χ3n) is 16.4. The predicted octanol–water partition coefficient (Wildman–Crippen LogP) is 22.4. The summed E-state index contributed by atoms with van der Waals surface area (Å²) in [5.74, 6) is 1.54. The molecule has 0 fully saturated rings. The molecule has 0 radical (unpaired) electrons. The summed E-state index contributed by atoms with van der Waals surface area (Å²) in [6.45, 7) is 30.9. The maximum absolute atomic E-state index is 2.81. The van der Waals surface area contributed by atoms with Crippen molar-refractivity contribution in [3.8, 4) is 0 Å². The van der Waals surface area contributed by atoms with Gasteiger partial charge < -0.3 is 0 Å². The van der Waals surface area contributed by atoms with E-state index in [9.17, 15) is 0 Å². The van der Waals surface area contributed by atoms with Crippen LogP contribution < -0.4 is 0 Å². The van der Waals surface area contributed by atoms with E-state index in [1.54, 1.807) is 0 Å². The van der Waals surface area contributed by atoms with Crippen molar-refractivity contribution in [2.24, 2.45) is 33.5 Å². The lowest BCUT2D eigenvalue weighted by Crippen LogP contribution is -2.63. The van der Waals surface area contributed by atoms with E-state index in [2.05, 4.69) is 83.1 Å². The quantitative estimate of drug-likeness (QED) is 0.0537. The topological polar surface area (TPSA) is 0 Å². The SMILES string of the molecule is CCCCCCCCCCC(CCCCCCC)(CCCCCCCC)C(CCCCC)(CCCCCC)C(CCCC)(C(CCCCCCCC)C(C)C)C(C)(C)C. The van der Waals surface area contributed by atoms with Gasteiger partial charge in [-0.25, -0.2) is 0 Å². The second-order valence-corrected chi connectivity index (χ2v) is 22.3. The predicted molar refractivity (Wildman–Crippen MR) is 274 cm³/mol. The molecule has 0 saturated heterocycles. The Morgan fingerprint density at radius 1 is 0.288 bits per heavy atom. The minimum atomic E-state index is 0.268. The van der Waals surface area contributed by atoms with E-state index < -0.39 is 0 Å². The lowest BCUT2D eigenvalue weighted by molar-refractivity contribution is -0.216. The summed E-state index contributed by atoms with van der Waals surface area (Å²) in [4.78, 5) is 0. The molecule has 0 heteroatoms. The van der Waals surface area contributed by atoms with Crippen LogP contribution in [0.2, 0.25) is 0 Å². The summed E-state index contributed by atoms with van der Waals surface area (Å²) in [6, 6.07) is 0. The number of hydrogen-bond acceptors (Lipinski definition) is 0. The Kier molecular flexibility index (Phi) is 37.4. The zero-order chi connectivity index (χ0) is 44.1.